The molecule has 0 saturated carbocycles. The third-order valence-electron chi connectivity index (χ3n) is 2.37. The molecule has 0 bridgehead atoms. The predicted molar refractivity (Wildman–Crippen MR) is 73.5 cm³/mol. The van der Waals surface area contributed by atoms with Gasteiger partial charge in [0.15, 0.2) is 0 Å². The molecule has 1 amide bonds. The van der Waals surface area contributed by atoms with Crippen molar-refractivity contribution < 1.29 is 13.6 Å². The first-order valence-corrected chi connectivity index (χ1v) is 6.36. The van der Waals surface area contributed by atoms with Crippen LogP contribution in [0.25, 0.3) is 0 Å². The second kappa shape index (κ2) is 5.67. The highest BCUT2D eigenvalue weighted by atomic mass is 79.9. The van der Waals surface area contributed by atoms with E-state index in [4.69, 9.17) is 11.6 Å². The molecule has 2 aromatic carbocycles. The molecular weight excluding hydrogens is 340 g/mol. The second-order valence-electron chi connectivity index (χ2n) is 3.68. The third-order valence-corrected chi connectivity index (χ3v) is 3.22. The van der Waals surface area contributed by atoms with E-state index in [2.05, 4.69) is 21.2 Å². The summed E-state index contributed by atoms with van der Waals surface area (Å²) in [7, 11) is 0. The SMILES string of the molecule is O=C(Nc1cc(Cl)ccc1F)c1cccc(Br)c1F. The maximum absolute atomic E-state index is 13.7. The van der Waals surface area contributed by atoms with Crippen molar-refractivity contribution in [1.82, 2.24) is 0 Å². The maximum Gasteiger partial charge on any atom is 0.258 e. The summed E-state index contributed by atoms with van der Waals surface area (Å²) in [4.78, 5) is 11.9. The molecule has 0 aliphatic carbocycles. The maximum atomic E-state index is 13.7. The van der Waals surface area contributed by atoms with Gasteiger partial charge < -0.3 is 5.32 Å². The number of halogens is 4. The Labute approximate surface area is 121 Å². The molecule has 6 heteroatoms. The van der Waals surface area contributed by atoms with Gasteiger partial charge in [-0.05, 0) is 46.3 Å². The number of rotatable bonds is 2. The van der Waals surface area contributed by atoms with Crippen molar-refractivity contribution in [1.29, 1.82) is 0 Å². The van der Waals surface area contributed by atoms with Gasteiger partial charge in [0.1, 0.15) is 11.6 Å². The Morgan fingerprint density at radius 1 is 1.21 bits per heavy atom. The lowest BCUT2D eigenvalue weighted by Crippen LogP contribution is -2.14. The van der Waals surface area contributed by atoms with Crippen LogP contribution in [0.3, 0.4) is 0 Å². The Hall–Kier alpha value is -1.46. The molecule has 0 aliphatic rings. The van der Waals surface area contributed by atoms with Gasteiger partial charge in [-0.1, -0.05) is 17.7 Å². The molecule has 0 saturated heterocycles. The van der Waals surface area contributed by atoms with E-state index in [0.29, 0.717) is 0 Å². The minimum Gasteiger partial charge on any atom is -0.319 e. The van der Waals surface area contributed by atoms with E-state index in [1.54, 1.807) is 0 Å². The highest BCUT2D eigenvalue weighted by Gasteiger charge is 2.15. The van der Waals surface area contributed by atoms with Crippen LogP contribution in [0.5, 0.6) is 0 Å². The van der Waals surface area contributed by atoms with Crippen LogP contribution < -0.4 is 5.32 Å². The first kappa shape index (κ1) is 14.0. The van der Waals surface area contributed by atoms with Crippen molar-refractivity contribution in [2.75, 3.05) is 5.32 Å². The van der Waals surface area contributed by atoms with E-state index in [9.17, 15) is 13.6 Å². The Kier molecular flexibility index (Phi) is 4.17. The number of carbonyl (C=O) groups excluding carboxylic acids is 1. The number of benzene rings is 2. The molecule has 0 radical (unpaired) electrons. The predicted octanol–water partition coefficient (Wildman–Crippen LogP) is 4.63. The summed E-state index contributed by atoms with van der Waals surface area (Å²) in [6.07, 6.45) is 0. The largest absolute Gasteiger partial charge is 0.319 e. The van der Waals surface area contributed by atoms with Crippen LogP contribution >= 0.6 is 27.5 Å². The third kappa shape index (κ3) is 3.11. The molecule has 0 spiro atoms. The van der Waals surface area contributed by atoms with Crippen LogP contribution in [0.15, 0.2) is 40.9 Å². The van der Waals surface area contributed by atoms with Gasteiger partial charge in [-0.2, -0.15) is 0 Å². The zero-order chi connectivity index (χ0) is 14.0. The quantitative estimate of drug-likeness (QED) is 0.844. The van der Waals surface area contributed by atoms with Gasteiger partial charge in [0.25, 0.3) is 5.91 Å². The molecule has 98 valence electrons. The van der Waals surface area contributed by atoms with Gasteiger partial charge >= 0.3 is 0 Å². The highest BCUT2D eigenvalue weighted by molar-refractivity contribution is 9.10. The van der Waals surface area contributed by atoms with Crippen molar-refractivity contribution in [2.45, 2.75) is 0 Å². The average Bonchev–Trinajstić information content (AvgIpc) is 2.37. The average molecular weight is 347 g/mol. The van der Waals surface area contributed by atoms with Gasteiger partial charge in [-0.3, -0.25) is 4.79 Å². The van der Waals surface area contributed by atoms with Crippen molar-refractivity contribution >= 4 is 39.1 Å². The molecular formula is C13H7BrClF2NO. The molecule has 0 unspecified atom stereocenters. The zero-order valence-corrected chi connectivity index (χ0v) is 11.7. The Morgan fingerprint density at radius 2 is 1.95 bits per heavy atom. The fourth-order valence-electron chi connectivity index (χ4n) is 1.46. The van der Waals surface area contributed by atoms with Crippen molar-refractivity contribution in [3.05, 3.63) is 63.1 Å². The van der Waals surface area contributed by atoms with Crippen LogP contribution in [0, 0.1) is 11.6 Å². The Bertz CT molecular complexity index is 649. The highest BCUT2D eigenvalue weighted by Crippen LogP contribution is 2.22. The van der Waals surface area contributed by atoms with Gasteiger partial charge in [0, 0.05) is 5.02 Å². The van der Waals surface area contributed by atoms with Crippen molar-refractivity contribution in [2.24, 2.45) is 0 Å². The van der Waals surface area contributed by atoms with Crippen LogP contribution in [-0.4, -0.2) is 5.91 Å². The van der Waals surface area contributed by atoms with E-state index < -0.39 is 17.5 Å². The fraction of sp³-hybridized carbons (Fsp3) is 0. The second-order valence-corrected chi connectivity index (χ2v) is 4.97. The van der Waals surface area contributed by atoms with Gasteiger partial charge in [0.2, 0.25) is 0 Å². The molecule has 1 N–H and O–H groups in total. The van der Waals surface area contributed by atoms with E-state index in [1.165, 1.54) is 30.3 Å². The minimum atomic E-state index is -0.750. The summed E-state index contributed by atoms with van der Waals surface area (Å²) in [6, 6.07) is 8.01. The minimum absolute atomic E-state index is 0.100. The lowest BCUT2D eigenvalue weighted by atomic mass is 10.2. The summed E-state index contributed by atoms with van der Waals surface area (Å²) < 4.78 is 27.3. The number of nitrogens with one attached hydrogen (secondary N) is 1. The number of amides is 1. The van der Waals surface area contributed by atoms with Gasteiger partial charge in [0.05, 0.1) is 15.7 Å². The number of hydrogen-bond acceptors (Lipinski definition) is 1. The van der Waals surface area contributed by atoms with Crippen LogP contribution in [0.2, 0.25) is 5.02 Å². The van der Waals surface area contributed by atoms with Crippen LogP contribution in [0.1, 0.15) is 10.4 Å². The number of hydrogen-bond donors (Lipinski definition) is 1. The monoisotopic (exact) mass is 345 g/mol. The fourth-order valence-corrected chi connectivity index (χ4v) is 2.00. The van der Waals surface area contributed by atoms with Gasteiger partial charge in [-0.25, -0.2) is 8.78 Å². The summed E-state index contributed by atoms with van der Waals surface area (Å²) >= 11 is 8.68. The summed E-state index contributed by atoms with van der Waals surface area (Å²) in [6.45, 7) is 0. The summed E-state index contributed by atoms with van der Waals surface area (Å²) in [5.74, 6) is -2.10. The van der Waals surface area contributed by atoms with Gasteiger partial charge in [-0.15, -0.1) is 0 Å². The van der Waals surface area contributed by atoms with Crippen LogP contribution in [-0.2, 0) is 0 Å². The molecule has 2 rings (SSSR count). The van der Waals surface area contributed by atoms with E-state index >= 15 is 0 Å². The zero-order valence-electron chi connectivity index (χ0n) is 9.38. The normalized spacial score (nSPS) is 10.3. The molecule has 2 nitrogen and oxygen atoms in total. The molecule has 0 fully saturated rings. The number of carbonyl (C=O) groups is 1. The van der Waals surface area contributed by atoms with E-state index in [1.807, 2.05) is 0 Å². The topological polar surface area (TPSA) is 29.1 Å². The molecule has 0 heterocycles. The molecule has 0 aliphatic heterocycles. The first-order chi connectivity index (χ1) is 8.99. The lowest BCUT2D eigenvalue weighted by molar-refractivity contribution is 0.102. The molecule has 19 heavy (non-hydrogen) atoms. The smallest absolute Gasteiger partial charge is 0.258 e. The van der Waals surface area contributed by atoms with Crippen LogP contribution in [0.4, 0.5) is 14.5 Å². The van der Waals surface area contributed by atoms with E-state index in [-0.39, 0.29) is 20.7 Å². The first-order valence-electron chi connectivity index (χ1n) is 5.19. The lowest BCUT2D eigenvalue weighted by Gasteiger charge is -2.08. The Morgan fingerprint density at radius 3 is 2.68 bits per heavy atom. The number of anilines is 1. The molecule has 0 aromatic heterocycles. The Balaban J connectivity index is 2.31. The summed E-state index contributed by atoms with van der Waals surface area (Å²) in [5, 5.41) is 2.55. The molecule has 2 aromatic rings. The van der Waals surface area contributed by atoms with Crippen molar-refractivity contribution in [3.8, 4) is 0 Å². The summed E-state index contributed by atoms with van der Waals surface area (Å²) in [5.41, 5.74) is -0.286. The van der Waals surface area contributed by atoms with Crippen molar-refractivity contribution in [3.63, 3.8) is 0 Å². The molecule has 0 atom stereocenters. The van der Waals surface area contributed by atoms with E-state index in [0.717, 1.165) is 6.07 Å². The standard InChI is InChI=1S/C13H7BrClF2NO/c14-9-3-1-2-8(12(9)17)13(19)18-11-6-7(15)4-5-10(11)16/h1-6H,(H,18,19).